The predicted molar refractivity (Wildman–Crippen MR) is 162 cm³/mol. The molecule has 0 aliphatic carbocycles. The summed E-state index contributed by atoms with van der Waals surface area (Å²) in [6, 6.07) is 16.5. The molecule has 0 saturated carbocycles. The average molecular weight is 589 g/mol. The third kappa shape index (κ3) is 5.49. The number of anilines is 1. The number of aliphatic hydroxyl groups is 1. The predicted octanol–water partition coefficient (Wildman–Crippen LogP) is 6.52. The van der Waals surface area contributed by atoms with Crippen LogP contribution in [0.15, 0.2) is 66.2 Å². The zero-order valence-corrected chi connectivity index (χ0v) is 24.7. The fourth-order valence-corrected chi connectivity index (χ4v) is 5.83. The van der Waals surface area contributed by atoms with Gasteiger partial charge in [-0.2, -0.15) is 0 Å². The molecule has 0 radical (unpaired) electrons. The summed E-state index contributed by atoms with van der Waals surface area (Å²) in [5.74, 6) is 0.376. The summed E-state index contributed by atoms with van der Waals surface area (Å²) in [5, 5.41) is 11.8. The van der Waals surface area contributed by atoms with Crippen molar-refractivity contribution < 1.29 is 33.6 Å². The molecule has 10 heteroatoms. The van der Waals surface area contributed by atoms with Gasteiger partial charge in [-0.25, -0.2) is 4.98 Å². The summed E-state index contributed by atoms with van der Waals surface area (Å²) >= 11 is 1.26. The zero-order valence-electron chi connectivity index (χ0n) is 23.9. The molecule has 1 amide bonds. The number of amides is 1. The second-order valence-electron chi connectivity index (χ2n) is 9.44. The van der Waals surface area contributed by atoms with Crippen LogP contribution in [0.25, 0.3) is 16.0 Å². The van der Waals surface area contributed by atoms with Gasteiger partial charge in [0.25, 0.3) is 5.78 Å². The fraction of sp³-hybridized carbons (Fsp3) is 0.281. The number of rotatable bonds is 11. The molecule has 5 rings (SSSR count). The molecule has 1 aromatic heterocycles. The first-order valence-electron chi connectivity index (χ1n) is 13.8. The number of carbonyl (C=O) groups excluding carboxylic acids is 2. The smallest absolute Gasteiger partial charge is 0.301 e. The average Bonchev–Trinajstić information content (AvgIpc) is 3.54. The number of benzene rings is 3. The van der Waals surface area contributed by atoms with Crippen LogP contribution >= 0.6 is 11.3 Å². The molecule has 218 valence electrons. The molecule has 1 N–H and O–H groups in total. The Labute approximate surface area is 247 Å². The second-order valence-corrected chi connectivity index (χ2v) is 10.5. The summed E-state index contributed by atoms with van der Waals surface area (Å²) in [4.78, 5) is 33.3. The van der Waals surface area contributed by atoms with Gasteiger partial charge in [0.05, 0.1) is 48.8 Å². The van der Waals surface area contributed by atoms with Crippen LogP contribution in [-0.4, -0.2) is 48.7 Å². The minimum absolute atomic E-state index is 0.0531. The van der Waals surface area contributed by atoms with Gasteiger partial charge in [0.1, 0.15) is 17.3 Å². The van der Waals surface area contributed by atoms with Crippen molar-refractivity contribution in [2.45, 2.75) is 33.2 Å². The minimum Gasteiger partial charge on any atom is -0.507 e. The Morgan fingerprint density at radius 1 is 0.905 bits per heavy atom. The molecule has 9 nitrogen and oxygen atoms in total. The number of aromatic nitrogens is 1. The van der Waals surface area contributed by atoms with E-state index in [0.717, 1.165) is 11.1 Å². The van der Waals surface area contributed by atoms with E-state index in [-0.39, 0.29) is 11.3 Å². The monoisotopic (exact) mass is 588 g/mol. The Kier molecular flexibility index (Phi) is 8.63. The van der Waals surface area contributed by atoms with Gasteiger partial charge in [0.2, 0.25) is 0 Å². The number of ketones is 1. The van der Waals surface area contributed by atoms with E-state index in [9.17, 15) is 14.7 Å². The van der Waals surface area contributed by atoms with Crippen molar-refractivity contribution >= 4 is 44.1 Å². The van der Waals surface area contributed by atoms with Gasteiger partial charge in [-0.1, -0.05) is 24.3 Å². The number of hydrogen-bond donors (Lipinski definition) is 1. The first-order valence-corrected chi connectivity index (χ1v) is 14.6. The molecule has 0 spiro atoms. The van der Waals surface area contributed by atoms with Crippen molar-refractivity contribution in [2.75, 3.05) is 31.8 Å². The molecule has 1 fully saturated rings. The van der Waals surface area contributed by atoms with Crippen LogP contribution < -0.4 is 23.8 Å². The van der Waals surface area contributed by atoms with E-state index in [1.54, 1.807) is 42.5 Å². The number of fused-ring (bicyclic) bond motifs is 1. The van der Waals surface area contributed by atoms with Crippen molar-refractivity contribution in [1.82, 2.24) is 4.98 Å². The minimum atomic E-state index is -0.975. The van der Waals surface area contributed by atoms with E-state index in [1.165, 1.54) is 23.3 Å². The molecular weight excluding hydrogens is 556 g/mol. The topological polar surface area (TPSA) is 107 Å². The first-order chi connectivity index (χ1) is 20.4. The second kappa shape index (κ2) is 12.5. The summed E-state index contributed by atoms with van der Waals surface area (Å²) in [6.07, 6.45) is 0.857. The molecule has 1 unspecified atom stereocenters. The molecule has 2 heterocycles. The van der Waals surface area contributed by atoms with Crippen molar-refractivity contribution in [2.24, 2.45) is 0 Å². The Balaban J connectivity index is 1.66. The Morgan fingerprint density at radius 2 is 1.64 bits per heavy atom. The highest BCUT2D eigenvalue weighted by molar-refractivity contribution is 7.22. The van der Waals surface area contributed by atoms with E-state index >= 15 is 0 Å². The highest BCUT2D eigenvalue weighted by Gasteiger charge is 2.48. The molecule has 3 aromatic carbocycles. The fourth-order valence-electron chi connectivity index (χ4n) is 4.81. The lowest BCUT2D eigenvalue weighted by molar-refractivity contribution is -0.132. The molecule has 1 saturated heterocycles. The van der Waals surface area contributed by atoms with E-state index in [1.807, 2.05) is 39.0 Å². The van der Waals surface area contributed by atoms with Crippen LogP contribution in [0.2, 0.25) is 0 Å². The van der Waals surface area contributed by atoms with Gasteiger partial charge < -0.3 is 24.1 Å². The summed E-state index contributed by atoms with van der Waals surface area (Å²) in [6.45, 7) is 7.28. The molecule has 1 aliphatic rings. The van der Waals surface area contributed by atoms with Crippen molar-refractivity contribution in [1.29, 1.82) is 0 Å². The highest BCUT2D eigenvalue weighted by Crippen LogP contribution is 2.46. The van der Waals surface area contributed by atoms with Crippen molar-refractivity contribution in [3.8, 4) is 23.0 Å². The van der Waals surface area contributed by atoms with Crippen molar-refractivity contribution in [3.63, 3.8) is 0 Å². The van der Waals surface area contributed by atoms with Crippen LogP contribution in [0.5, 0.6) is 23.0 Å². The van der Waals surface area contributed by atoms with Gasteiger partial charge in [-0.3, -0.25) is 14.5 Å². The number of carbonyl (C=O) groups is 2. The molecular formula is C32H32N2O7S. The molecule has 4 aromatic rings. The Bertz CT molecular complexity index is 1640. The number of aliphatic hydroxyl groups excluding tert-OH is 1. The summed E-state index contributed by atoms with van der Waals surface area (Å²) in [7, 11) is 1.52. The van der Waals surface area contributed by atoms with Crippen LogP contribution in [0.3, 0.4) is 0 Å². The van der Waals surface area contributed by atoms with E-state index < -0.39 is 17.7 Å². The number of ether oxygens (including phenoxy) is 4. The number of thiazole rings is 1. The van der Waals surface area contributed by atoms with Gasteiger partial charge in [0.15, 0.2) is 16.6 Å². The lowest BCUT2D eigenvalue weighted by Gasteiger charge is -2.24. The Hall–Kier alpha value is -4.57. The largest absolute Gasteiger partial charge is 0.507 e. The third-order valence-corrected chi connectivity index (χ3v) is 7.73. The van der Waals surface area contributed by atoms with Gasteiger partial charge in [-0.15, -0.1) is 0 Å². The zero-order chi connectivity index (χ0) is 29.8. The SMILES string of the molecule is CCCOc1ccc(C(O)=C2C(=O)C(=O)N(c3nc4ccc(OCC)cc4s3)C2c2ccc(OCC)c(OC)c2)cc1. The van der Waals surface area contributed by atoms with Crippen LogP contribution in [0.1, 0.15) is 44.4 Å². The maximum Gasteiger partial charge on any atom is 0.301 e. The van der Waals surface area contributed by atoms with E-state index in [2.05, 4.69) is 0 Å². The third-order valence-electron chi connectivity index (χ3n) is 6.71. The quantitative estimate of drug-likeness (QED) is 0.120. The lowest BCUT2D eigenvalue weighted by atomic mass is 9.95. The molecule has 0 bridgehead atoms. The van der Waals surface area contributed by atoms with E-state index in [4.69, 9.17) is 23.9 Å². The lowest BCUT2D eigenvalue weighted by Crippen LogP contribution is -2.29. The van der Waals surface area contributed by atoms with Crippen LogP contribution in [-0.2, 0) is 9.59 Å². The molecule has 1 atom stereocenters. The number of hydrogen-bond acceptors (Lipinski definition) is 9. The summed E-state index contributed by atoms with van der Waals surface area (Å²) < 4.78 is 23.3. The first kappa shape index (κ1) is 28.9. The highest BCUT2D eigenvalue weighted by atomic mass is 32.1. The molecule has 1 aliphatic heterocycles. The Morgan fingerprint density at radius 3 is 2.33 bits per heavy atom. The van der Waals surface area contributed by atoms with Gasteiger partial charge in [-0.05, 0) is 80.4 Å². The van der Waals surface area contributed by atoms with Gasteiger partial charge >= 0.3 is 5.91 Å². The molecule has 42 heavy (non-hydrogen) atoms. The maximum atomic E-state index is 13.7. The number of nitrogens with zero attached hydrogens (tertiary/aromatic N) is 2. The standard InChI is InChI=1S/C32H32N2O7S/c1-5-16-41-21-11-8-19(9-12-21)29(35)27-28(20-10-15-24(40-7-3)25(17-20)38-4)34(31(37)30(27)36)32-33-23-14-13-22(39-6-2)18-26(23)42-32/h8-15,17-18,28,35H,5-7,16H2,1-4H3. The van der Waals surface area contributed by atoms with Gasteiger partial charge in [0, 0.05) is 5.56 Å². The number of methoxy groups -OCH3 is 1. The number of Topliss-reactive ketones (excluding diaryl/α,β-unsaturated/α-hetero) is 1. The van der Waals surface area contributed by atoms with Crippen LogP contribution in [0.4, 0.5) is 5.13 Å². The van der Waals surface area contributed by atoms with Crippen molar-refractivity contribution in [3.05, 3.63) is 77.4 Å². The normalized spacial score (nSPS) is 16.2. The van der Waals surface area contributed by atoms with E-state index in [0.29, 0.717) is 64.6 Å². The van der Waals surface area contributed by atoms with Crippen LogP contribution in [0, 0.1) is 0 Å². The summed E-state index contributed by atoms with van der Waals surface area (Å²) in [5.41, 5.74) is 1.53. The maximum absolute atomic E-state index is 13.7.